The van der Waals surface area contributed by atoms with Gasteiger partial charge >= 0.3 is 5.97 Å². The van der Waals surface area contributed by atoms with Crippen LogP contribution in [0.3, 0.4) is 0 Å². The summed E-state index contributed by atoms with van der Waals surface area (Å²) < 4.78 is 0. The molecule has 12 heavy (non-hydrogen) atoms. The second-order valence-electron chi connectivity index (χ2n) is 3.60. The fourth-order valence-electron chi connectivity index (χ4n) is 1.70. The lowest BCUT2D eigenvalue weighted by atomic mass is 9.87. The van der Waals surface area contributed by atoms with Crippen molar-refractivity contribution in [3.05, 3.63) is 0 Å². The first-order valence-electron chi connectivity index (χ1n) is 4.61. The lowest BCUT2D eigenvalue weighted by molar-refractivity contribution is -0.160. The lowest BCUT2D eigenvalue weighted by Crippen LogP contribution is -2.38. The van der Waals surface area contributed by atoms with Crippen LogP contribution in [0.5, 0.6) is 0 Å². The standard InChI is InChI=1S/C9H16O3/c10-8(11)9(12)6-4-2-1-3-5-7-9/h12H,1-7H2,(H,10,11). The molecule has 3 heteroatoms. The van der Waals surface area contributed by atoms with E-state index >= 15 is 0 Å². The summed E-state index contributed by atoms with van der Waals surface area (Å²) in [5, 5.41) is 18.4. The maximum Gasteiger partial charge on any atom is 0.335 e. The number of carbonyl (C=O) groups is 1. The molecule has 0 aromatic rings. The maximum absolute atomic E-state index is 10.7. The van der Waals surface area contributed by atoms with Gasteiger partial charge in [0.2, 0.25) is 0 Å². The van der Waals surface area contributed by atoms with Crippen molar-refractivity contribution in [2.24, 2.45) is 0 Å². The second kappa shape index (κ2) is 3.90. The molecule has 1 aliphatic rings. The molecule has 0 spiro atoms. The van der Waals surface area contributed by atoms with Crippen LogP contribution >= 0.6 is 0 Å². The highest BCUT2D eigenvalue weighted by Gasteiger charge is 2.34. The smallest absolute Gasteiger partial charge is 0.335 e. The minimum Gasteiger partial charge on any atom is -0.479 e. The van der Waals surface area contributed by atoms with Crippen molar-refractivity contribution in [3.63, 3.8) is 0 Å². The summed E-state index contributed by atoms with van der Waals surface area (Å²) in [6.45, 7) is 0. The molecule has 2 N–H and O–H groups in total. The largest absolute Gasteiger partial charge is 0.479 e. The Kier molecular flexibility index (Phi) is 3.09. The predicted octanol–water partition coefficient (Wildman–Crippen LogP) is 1.55. The third kappa shape index (κ3) is 2.21. The lowest BCUT2D eigenvalue weighted by Gasteiger charge is -2.25. The van der Waals surface area contributed by atoms with Crippen LogP contribution in [0.2, 0.25) is 0 Å². The van der Waals surface area contributed by atoms with E-state index in [0.717, 1.165) is 25.7 Å². The first kappa shape index (κ1) is 9.52. The number of aliphatic carboxylic acids is 1. The van der Waals surface area contributed by atoms with E-state index in [4.69, 9.17) is 5.11 Å². The van der Waals surface area contributed by atoms with Crippen molar-refractivity contribution < 1.29 is 15.0 Å². The molecule has 1 rings (SSSR count). The molecule has 3 nitrogen and oxygen atoms in total. The van der Waals surface area contributed by atoms with Gasteiger partial charge in [-0.15, -0.1) is 0 Å². The van der Waals surface area contributed by atoms with Crippen molar-refractivity contribution in [1.82, 2.24) is 0 Å². The zero-order chi connectivity index (χ0) is 9.03. The highest BCUT2D eigenvalue weighted by molar-refractivity contribution is 5.76. The van der Waals surface area contributed by atoms with Crippen LogP contribution in [-0.2, 0) is 4.79 Å². The van der Waals surface area contributed by atoms with Gasteiger partial charge in [-0.3, -0.25) is 0 Å². The normalized spacial score (nSPS) is 24.1. The minimum atomic E-state index is -1.43. The molecular weight excluding hydrogens is 156 g/mol. The molecule has 0 saturated heterocycles. The minimum absolute atomic E-state index is 0.419. The van der Waals surface area contributed by atoms with Crippen LogP contribution in [0.25, 0.3) is 0 Å². The van der Waals surface area contributed by atoms with Crippen LogP contribution in [0.4, 0.5) is 0 Å². The van der Waals surface area contributed by atoms with Gasteiger partial charge in [-0.05, 0) is 25.7 Å². The monoisotopic (exact) mass is 172 g/mol. The summed E-state index contributed by atoms with van der Waals surface area (Å²) in [7, 11) is 0. The van der Waals surface area contributed by atoms with E-state index in [0.29, 0.717) is 12.8 Å². The van der Waals surface area contributed by atoms with Gasteiger partial charge < -0.3 is 10.2 Å². The van der Waals surface area contributed by atoms with Crippen molar-refractivity contribution in [1.29, 1.82) is 0 Å². The molecule has 0 bridgehead atoms. The van der Waals surface area contributed by atoms with Crippen molar-refractivity contribution in [3.8, 4) is 0 Å². The summed E-state index contributed by atoms with van der Waals surface area (Å²) in [5.74, 6) is -1.05. The SMILES string of the molecule is O=C(O)C1(O)CCCCCCC1. The molecule has 0 amide bonds. The van der Waals surface area contributed by atoms with E-state index in [1.165, 1.54) is 6.42 Å². The molecule has 0 radical (unpaired) electrons. The van der Waals surface area contributed by atoms with Crippen molar-refractivity contribution in [2.45, 2.75) is 50.5 Å². The summed E-state index contributed by atoms with van der Waals surface area (Å²) in [6, 6.07) is 0. The van der Waals surface area contributed by atoms with E-state index < -0.39 is 11.6 Å². The first-order chi connectivity index (χ1) is 5.65. The topological polar surface area (TPSA) is 57.5 Å². The Morgan fingerprint density at radius 1 is 1.00 bits per heavy atom. The van der Waals surface area contributed by atoms with Crippen molar-refractivity contribution in [2.75, 3.05) is 0 Å². The van der Waals surface area contributed by atoms with Gasteiger partial charge in [0.1, 0.15) is 0 Å². The molecule has 0 aromatic carbocycles. The van der Waals surface area contributed by atoms with Crippen LogP contribution < -0.4 is 0 Å². The Labute approximate surface area is 72.4 Å². The third-order valence-corrected chi connectivity index (χ3v) is 2.58. The Bertz CT molecular complexity index is 157. The number of rotatable bonds is 1. The second-order valence-corrected chi connectivity index (χ2v) is 3.60. The molecule has 0 aromatic heterocycles. The average molecular weight is 172 g/mol. The highest BCUT2D eigenvalue weighted by Crippen LogP contribution is 2.26. The summed E-state index contributed by atoms with van der Waals surface area (Å²) in [4.78, 5) is 10.7. The number of hydrogen-bond acceptors (Lipinski definition) is 2. The van der Waals surface area contributed by atoms with E-state index in [9.17, 15) is 9.90 Å². The van der Waals surface area contributed by atoms with E-state index in [1.54, 1.807) is 0 Å². The number of aliphatic hydroxyl groups is 1. The number of hydrogen-bond donors (Lipinski definition) is 2. The van der Waals surface area contributed by atoms with Crippen LogP contribution in [0.15, 0.2) is 0 Å². The summed E-state index contributed by atoms with van der Waals surface area (Å²) in [5.41, 5.74) is -1.43. The quantitative estimate of drug-likeness (QED) is 0.630. The van der Waals surface area contributed by atoms with Gasteiger partial charge in [-0.2, -0.15) is 0 Å². The molecule has 1 aliphatic carbocycles. The molecule has 1 saturated carbocycles. The van der Waals surface area contributed by atoms with Gasteiger partial charge in [-0.25, -0.2) is 4.79 Å². The summed E-state index contributed by atoms with van der Waals surface area (Å²) >= 11 is 0. The fourth-order valence-corrected chi connectivity index (χ4v) is 1.70. The highest BCUT2D eigenvalue weighted by atomic mass is 16.4. The number of carboxylic acids is 1. The van der Waals surface area contributed by atoms with Gasteiger partial charge in [0.25, 0.3) is 0 Å². The van der Waals surface area contributed by atoms with Gasteiger partial charge in [0.05, 0.1) is 0 Å². The Morgan fingerprint density at radius 2 is 1.42 bits per heavy atom. The Hall–Kier alpha value is -0.570. The van der Waals surface area contributed by atoms with Crippen LogP contribution in [0, 0.1) is 0 Å². The summed E-state index contributed by atoms with van der Waals surface area (Å²) in [6.07, 6.45) is 5.79. The predicted molar refractivity (Wildman–Crippen MR) is 44.9 cm³/mol. The molecule has 0 heterocycles. The first-order valence-corrected chi connectivity index (χ1v) is 4.61. The van der Waals surface area contributed by atoms with Gasteiger partial charge in [0, 0.05) is 0 Å². The molecule has 0 atom stereocenters. The molecule has 1 fully saturated rings. The van der Waals surface area contributed by atoms with Crippen LogP contribution in [0.1, 0.15) is 44.9 Å². The Morgan fingerprint density at radius 3 is 1.83 bits per heavy atom. The van der Waals surface area contributed by atoms with Gasteiger partial charge in [0.15, 0.2) is 5.60 Å². The number of carboxylic acid groups (broad SMARTS) is 1. The van der Waals surface area contributed by atoms with E-state index in [2.05, 4.69) is 0 Å². The third-order valence-electron chi connectivity index (χ3n) is 2.58. The van der Waals surface area contributed by atoms with E-state index in [1.807, 2.05) is 0 Å². The molecule has 0 aliphatic heterocycles. The zero-order valence-electron chi connectivity index (χ0n) is 7.25. The van der Waals surface area contributed by atoms with Crippen LogP contribution in [-0.4, -0.2) is 21.8 Å². The Balaban J connectivity index is 2.54. The molecule has 0 unspecified atom stereocenters. The van der Waals surface area contributed by atoms with Crippen molar-refractivity contribution >= 4 is 5.97 Å². The maximum atomic E-state index is 10.7. The fraction of sp³-hybridized carbons (Fsp3) is 0.889. The van der Waals surface area contributed by atoms with Gasteiger partial charge in [-0.1, -0.05) is 19.3 Å². The molecular formula is C9H16O3. The zero-order valence-corrected chi connectivity index (χ0v) is 7.25. The average Bonchev–Trinajstić information content (AvgIpc) is 1.97. The van der Waals surface area contributed by atoms with E-state index in [-0.39, 0.29) is 0 Å². The molecule has 70 valence electrons.